The summed E-state index contributed by atoms with van der Waals surface area (Å²) in [5.41, 5.74) is 1.73. The maximum absolute atomic E-state index is 14.2. The molecule has 0 spiro atoms. The topological polar surface area (TPSA) is 24.9 Å². The van der Waals surface area contributed by atoms with Gasteiger partial charge in [0.1, 0.15) is 5.82 Å². The van der Waals surface area contributed by atoms with Crippen LogP contribution in [0.2, 0.25) is 0 Å². The number of nitrogens with zero attached hydrogens (tertiary/aromatic N) is 1. The third-order valence-corrected chi connectivity index (χ3v) is 4.05. The lowest BCUT2D eigenvalue weighted by Gasteiger charge is -2.19. The van der Waals surface area contributed by atoms with E-state index >= 15 is 0 Å². The molecule has 2 nitrogen and oxygen atoms in total. The monoisotopic (exact) mass is 400 g/mol. The first-order valence-electron chi connectivity index (χ1n) is 6.38. The van der Waals surface area contributed by atoms with Crippen molar-refractivity contribution in [1.29, 1.82) is 0 Å². The molecular weight excluding hydrogens is 387 g/mol. The number of pyridine rings is 1. The lowest BCUT2D eigenvalue weighted by molar-refractivity contribution is 0.507. The van der Waals surface area contributed by atoms with E-state index in [9.17, 15) is 4.39 Å². The molecule has 0 saturated carbocycles. The molecule has 0 aliphatic carbocycles. The van der Waals surface area contributed by atoms with Crippen LogP contribution in [0, 0.1) is 5.82 Å². The first-order valence-corrected chi connectivity index (χ1v) is 7.97. The largest absolute Gasteiger partial charge is 0.310 e. The summed E-state index contributed by atoms with van der Waals surface area (Å²) in [6, 6.07) is 7.31. The number of rotatable bonds is 5. The summed E-state index contributed by atoms with van der Waals surface area (Å²) in [7, 11) is 0. The molecule has 0 amide bonds. The van der Waals surface area contributed by atoms with Crippen molar-refractivity contribution in [3.8, 4) is 0 Å². The van der Waals surface area contributed by atoms with Gasteiger partial charge in [-0.15, -0.1) is 0 Å². The first kappa shape index (κ1) is 15.6. The molecule has 1 aromatic carbocycles. The summed E-state index contributed by atoms with van der Waals surface area (Å²) >= 11 is 6.65. The minimum absolute atomic E-state index is 0.0754. The average molecular weight is 402 g/mol. The molecular formula is C15H15Br2FN2. The number of hydrogen-bond donors (Lipinski definition) is 1. The maximum atomic E-state index is 14.2. The molecule has 1 aromatic heterocycles. The Morgan fingerprint density at radius 2 is 2.10 bits per heavy atom. The molecule has 1 unspecified atom stereocenters. The quantitative estimate of drug-likeness (QED) is 0.789. The van der Waals surface area contributed by atoms with Gasteiger partial charge in [0, 0.05) is 28.5 Å². The van der Waals surface area contributed by atoms with E-state index in [4.69, 9.17) is 0 Å². The molecule has 0 aliphatic heterocycles. The number of nitrogens with one attached hydrogen (secondary N) is 1. The zero-order chi connectivity index (χ0) is 14.5. The molecule has 0 fully saturated rings. The molecule has 0 aliphatic rings. The predicted molar refractivity (Wildman–Crippen MR) is 86.2 cm³/mol. The van der Waals surface area contributed by atoms with E-state index in [1.165, 1.54) is 0 Å². The van der Waals surface area contributed by atoms with Gasteiger partial charge in [-0.05, 0) is 62.5 Å². The highest BCUT2D eigenvalue weighted by Crippen LogP contribution is 2.26. The minimum Gasteiger partial charge on any atom is -0.310 e. The smallest absolute Gasteiger partial charge is 0.142 e. The molecule has 106 valence electrons. The van der Waals surface area contributed by atoms with Crippen LogP contribution in [0.3, 0.4) is 0 Å². The summed E-state index contributed by atoms with van der Waals surface area (Å²) in [6.07, 6.45) is 4.24. The van der Waals surface area contributed by atoms with Crippen LogP contribution in [0.25, 0.3) is 0 Å². The zero-order valence-corrected chi connectivity index (χ0v) is 14.2. The van der Waals surface area contributed by atoms with E-state index in [1.54, 1.807) is 12.3 Å². The number of aromatic nitrogens is 1. The Hall–Kier alpha value is -0.780. The Morgan fingerprint density at radius 1 is 1.30 bits per heavy atom. The second-order valence-electron chi connectivity index (χ2n) is 4.47. The fourth-order valence-corrected chi connectivity index (χ4v) is 2.93. The highest BCUT2D eigenvalue weighted by molar-refractivity contribution is 9.10. The van der Waals surface area contributed by atoms with Crippen LogP contribution >= 0.6 is 31.9 Å². The van der Waals surface area contributed by atoms with Crippen molar-refractivity contribution in [3.63, 3.8) is 0 Å². The molecule has 1 atom stereocenters. The molecule has 0 bridgehead atoms. The normalized spacial score (nSPS) is 12.4. The van der Waals surface area contributed by atoms with Crippen LogP contribution in [-0.2, 0) is 6.42 Å². The standard InChI is InChI=1S/C15H15Br2FN2/c1-2-20-14(7-10-6-11(16)9-19-8-10)12-4-3-5-13(17)15(12)18/h3-6,8-9,14,20H,2,7H2,1H3. The molecule has 1 N–H and O–H groups in total. The van der Waals surface area contributed by atoms with Gasteiger partial charge in [-0.1, -0.05) is 19.1 Å². The van der Waals surface area contributed by atoms with Crippen molar-refractivity contribution in [3.05, 3.63) is 62.5 Å². The Kier molecular flexibility index (Phi) is 5.69. The summed E-state index contributed by atoms with van der Waals surface area (Å²) < 4.78 is 15.7. The van der Waals surface area contributed by atoms with Gasteiger partial charge >= 0.3 is 0 Å². The Balaban J connectivity index is 2.29. The summed E-state index contributed by atoms with van der Waals surface area (Å²) in [4.78, 5) is 4.15. The van der Waals surface area contributed by atoms with Gasteiger partial charge in [0.2, 0.25) is 0 Å². The van der Waals surface area contributed by atoms with Gasteiger partial charge in [-0.2, -0.15) is 0 Å². The molecule has 0 saturated heterocycles. The van der Waals surface area contributed by atoms with Gasteiger partial charge in [-0.25, -0.2) is 4.39 Å². The SMILES string of the molecule is CCNC(Cc1cncc(Br)c1)c1cccc(Br)c1F. The number of hydrogen-bond acceptors (Lipinski definition) is 2. The summed E-state index contributed by atoms with van der Waals surface area (Å²) in [5.74, 6) is -0.207. The van der Waals surface area contributed by atoms with Gasteiger partial charge in [-0.3, -0.25) is 4.98 Å². The third kappa shape index (κ3) is 3.87. The van der Waals surface area contributed by atoms with E-state index in [2.05, 4.69) is 42.2 Å². The van der Waals surface area contributed by atoms with Crippen LogP contribution in [0.4, 0.5) is 4.39 Å². The van der Waals surface area contributed by atoms with Crippen LogP contribution in [0.15, 0.2) is 45.6 Å². The van der Waals surface area contributed by atoms with E-state index in [-0.39, 0.29) is 11.9 Å². The minimum atomic E-state index is -0.207. The lowest BCUT2D eigenvalue weighted by Crippen LogP contribution is -2.24. The van der Waals surface area contributed by atoms with Crippen LogP contribution in [0.5, 0.6) is 0 Å². The highest BCUT2D eigenvalue weighted by atomic mass is 79.9. The average Bonchev–Trinajstić information content (AvgIpc) is 2.42. The molecule has 2 rings (SSSR count). The van der Waals surface area contributed by atoms with Gasteiger partial charge in [0.05, 0.1) is 4.47 Å². The van der Waals surface area contributed by atoms with E-state index in [1.807, 2.05) is 31.3 Å². The Labute approximate surface area is 135 Å². The lowest BCUT2D eigenvalue weighted by atomic mass is 9.99. The molecule has 2 aromatic rings. The van der Waals surface area contributed by atoms with Crippen molar-refractivity contribution >= 4 is 31.9 Å². The molecule has 20 heavy (non-hydrogen) atoms. The van der Waals surface area contributed by atoms with Crippen LogP contribution in [0.1, 0.15) is 24.1 Å². The van der Waals surface area contributed by atoms with Crippen molar-refractivity contribution in [1.82, 2.24) is 10.3 Å². The summed E-state index contributed by atoms with van der Waals surface area (Å²) in [6.45, 7) is 2.79. The van der Waals surface area contributed by atoms with Crippen molar-refractivity contribution in [2.24, 2.45) is 0 Å². The molecule has 1 heterocycles. The Bertz CT molecular complexity index is 590. The third-order valence-electron chi connectivity index (χ3n) is 3.01. The number of benzene rings is 1. The van der Waals surface area contributed by atoms with Gasteiger partial charge in [0.25, 0.3) is 0 Å². The number of likely N-dealkylation sites (N-methyl/N-ethyl adjacent to an activating group) is 1. The van der Waals surface area contributed by atoms with Crippen LogP contribution in [-0.4, -0.2) is 11.5 Å². The van der Waals surface area contributed by atoms with Crippen LogP contribution < -0.4 is 5.32 Å². The fraction of sp³-hybridized carbons (Fsp3) is 0.267. The Morgan fingerprint density at radius 3 is 2.80 bits per heavy atom. The van der Waals surface area contributed by atoms with Gasteiger partial charge in [0.15, 0.2) is 0 Å². The van der Waals surface area contributed by atoms with E-state index in [0.29, 0.717) is 16.5 Å². The second kappa shape index (κ2) is 7.29. The molecule has 0 radical (unpaired) electrons. The molecule has 5 heteroatoms. The fourth-order valence-electron chi connectivity index (χ4n) is 2.13. The van der Waals surface area contributed by atoms with Crippen molar-refractivity contribution < 1.29 is 4.39 Å². The first-order chi connectivity index (χ1) is 9.61. The van der Waals surface area contributed by atoms with Crippen molar-refractivity contribution in [2.45, 2.75) is 19.4 Å². The zero-order valence-electron chi connectivity index (χ0n) is 11.0. The van der Waals surface area contributed by atoms with E-state index < -0.39 is 0 Å². The predicted octanol–water partition coefficient (Wildman–Crippen LogP) is 4.64. The maximum Gasteiger partial charge on any atom is 0.142 e. The second-order valence-corrected chi connectivity index (χ2v) is 6.24. The number of halogens is 3. The van der Waals surface area contributed by atoms with Crippen molar-refractivity contribution in [2.75, 3.05) is 6.54 Å². The summed E-state index contributed by atoms with van der Waals surface area (Å²) in [5, 5.41) is 3.33. The van der Waals surface area contributed by atoms with E-state index in [0.717, 1.165) is 16.6 Å². The van der Waals surface area contributed by atoms with Gasteiger partial charge < -0.3 is 5.32 Å². The highest BCUT2D eigenvalue weighted by Gasteiger charge is 2.17.